The van der Waals surface area contributed by atoms with Gasteiger partial charge in [-0.3, -0.25) is 9.36 Å². The highest BCUT2D eigenvalue weighted by atomic mass is 35.5. The highest BCUT2D eigenvalue weighted by Gasteiger charge is 2.32. The molecule has 0 radical (unpaired) electrons. The van der Waals surface area contributed by atoms with Gasteiger partial charge in [-0.1, -0.05) is 59.7 Å². The van der Waals surface area contributed by atoms with Crippen LogP contribution < -0.4 is 5.73 Å². The number of halogens is 3. The Morgan fingerprint density at radius 1 is 1.15 bits per heavy atom. The van der Waals surface area contributed by atoms with Crippen LogP contribution in [0.4, 0.5) is 10.4 Å². The molecule has 2 heterocycles. The van der Waals surface area contributed by atoms with Crippen molar-refractivity contribution >= 4 is 35.2 Å². The van der Waals surface area contributed by atoms with E-state index in [1.54, 1.807) is 30.3 Å². The second kappa shape index (κ2) is 11.2. The zero-order valence-electron chi connectivity index (χ0n) is 22.5. The molecular weight excluding hydrogens is 556 g/mol. The normalized spacial score (nSPS) is 14.4. The van der Waals surface area contributed by atoms with E-state index in [0.29, 0.717) is 27.8 Å². The van der Waals surface area contributed by atoms with Gasteiger partial charge in [0.15, 0.2) is 11.5 Å². The first kappa shape index (κ1) is 28.1. The van der Waals surface area contributed by atoms with Gasteiger partial charge in [-0.05, 0) is 63.4 Å². The Morgan fingerprint density at radius 2 is 1.90 bits per heavy atom. The van der Waals surface area contributed by atoms with Crippen molar-refractivity contribution in [2.45, 2.75) is 70.8 Å². The number of esters is 1. The Labute approximate surface area is 241 Å². The standard InChI is InChI=1S/C29H30Cl2FN5O3/c1-29(2,3)40-22(38)14-17-12-13-18(30)15-21(17)37-25(19-10-7-11-20(31)23(19)32)24(27-35-36-28(33)39-27)34-26(37)16-8-5-4-6-9-16/h7,10-13,15-16H,4-6,8-9,14H2,1-3H3,(H2,33,36). The Bertz CT molecular complexity index is 1550. The molecule has 0 bridgehead atoms. The molecule has 0 saturated heterocycles. The average Bonchev–Trinajstić information content (AvgIpc) is 3.50. The molecule has 210 valence electrons. The van der Waals surface area contributed by atoms with Gasteiger partial charge < -0.3 is 14.9 Å². The van der Waals surface area contributed by atoms with Gasteiger partial charge in [-0.2, -0.15) is 0 Å². The van der Waals surface area contributed by atoms with Gasteiger partial charge in [-0.25, -0.2) is 9.37 Å². The maximum absolute atomic E-state index is 15.7. The molecule has 1 fully saturated rings. The molecule has 2 aromatic carbocycles. The van der Waals surface area contributed by atoms with Crippen LogP contribution in [0.25, 0.3) is 28.5 Å². The van der Waals surface area contributed by atoms with E-state index in [9.17, 15) is 4.79 Å². The predicted octanol–water partition coefficient (Wildman–Crippen LogP) is 7.55. The number of aromatic nitrogens is 4. The van der Waals surface area contributed by atoms with Crippen molar-refractivity contribution in [3.63, 3.8) is 0 Å². The average molecular weight is 586 g/mol. The van der Waals surface area contributed by atoms with Gasteiger partial charge in [-0.15, -0.1) is 5.10 Å². The van der Waals surface area contributed by atoms with Crippen LogP contribution in [0.1, 0.15) is 70.2 Å². The van der Waals surface area contributed by atoms with Gasteiger partial charge in [0.05, 0.1) is 22.8 Å². The third-order valence-electron chi connectivity index (χ3n) is 6.77. The molecule has 2 N–H and O–H groups in total. The molecule has 8 nitrogen and oxygen atoms in total. The second-order valence-electron chi connectivity index (χ2n) is 10.9. The highest BCUT2D eigenvalue weighted by molar-refractivity contribution is 6.31. The van der Waals surface area contributed by atoms with Crippen molar-refractivity contribution < 1.29 is 18.3 Å². The molecule has 1 aliphatic rings. The Balaban J connectivity index is 1.82. The number of nitrogens with two attached hydrogens (primary N) is 1. The van der Waals surface area contributed by atoms with Crippen LogP contribution in [0.2, 0.25) is 10.0 Å². The molecule has 0 spiro atoms. The van der Waals surface area contributed by atoms with Gasteiger partial charge in [0.25, 0.3) is 5.89 Å². The minimum absolute atomic E-state index is 0.0354. The number of nitrogens with zero attached hydrogens (tertiary/aromatic N) is 4. The molecule has 0 amide bonds. The summed E-state index contributed by atoms with van der Waals surface area (Å²) in [6.07, 6.45) is 4.93. The van der Waals surface area contributed by atoms with E-state index < -0.39 is 17.4 Å². The lowest BCUT2D eigenvalue weighted by Crippen LogP contribution is -2.25. The molecule has 0 unspecified atom stereocenters. The van der Waals surface area contributed by atoms with E-state index in [2.05, 4.69) is 10.2 Å². The fourth-order valence-corrected chi connectivity index (χ4v) is 5.50. The van der Waals surface area contributed by atoms with E-state index in [0.717, 1.165) is 32.1 Å². The minimum Gasteiger partial charge on any atom is -0.460 e. The molecule has 1 aliphatic carbocycles. The monoisotopic (exact) mass is 585 g/mol. The lowest BCUT2D eigenvalue weighted by Gasteiger charge is -2.25. The highest BCUT2D eigenvalue weighted by Crippen LogP contribution is 2.43. The van der Waals surface area contributed by atoms with Crippen LogP contribution in [0.5, 0.6) is 0 Å². The van der Waals surface area contributed by atoms with Crippen LogP contribution in [0, 0.1) is 5.82 Å². The zero-order valence-corrected chi connectivity index (χ0v) is 24.0. The van der Waals surface area contributed by atoms with Crippen LogP contribution >= 0.6 is 23.2 Å². The van der Waals surface area contributed by atoms with Crippen molar-refractivity contribution in [1.29, 1.82) is 0 Å². The minimum atomic E-state index is -0.661. The molecule has 2 aromatic heterocycles. The molecular formula is C29H30Cl2FN5O3. The molecule has 5 rings (SSSR count). The van der Waals surface area contributed by atoms with E-state index in [4.69, 9.17) is 43.1 Å². The third-order valence-corrected chi connectivity index (χ3v) is 7.29. The smallest absolute Gasteiger partial charge is 0.313 e. The number of hydrogen-bond acceptors (Lipinski definition) is 7. The topological polar surface area (TPSA) is 109 Å². The maximum Gasteiger partial charge on any atom is 0.313 e. The summed E-state index contributed by atoms with van der Waals surface area (Å²) in [6, 6.07) is 9.82. The van der Waals surface area contributed by atoms with Crippen molar-refractivity contribution in [3.05, 3.63) is 63.6 Å². The predicted molar refractivity (Wildman–Crippen MR) is 152 cm³/mol. The molecule has 0 atom stereocenters. The largest absolute Gasteiger partial charge is 0.460 e. The van der Waals surface area contributed by atoms with E-state index >= 15 is 4.39 Å². The summed E-state index contributed by atoms with van der Waals surface area (Å²) < 4.78 is 28.8. The summed E-state index contributed by atoms with van der Waals surface area (Å²) in [6.45, 7) is 5.44. The van der Waals surface area contributed by atoms with E-state index in [1.165, 1.54) is 6.07 Å². The number of carbonyl (C=O) groups is 1. The van der Waals surface area contributed by atoms with Crippen molar-refractivity contribution in [1.82, 2.24) is 19.7 Å². The van der Waals surface area contributed by atoms with E-state index in [1.807, 2.05) is 25.3 Å². The van der Waals surface area contributed by atoms with Crippen molar-refractivity contribution in [2.75, 3.05) is 5.73 Å². The number of benzene rings is 2. The van der Waals surface area contributed by atoms with Crippen LogP contribution in [0.15, 0.2) is 40.8 Å². The zero-order chi connectivity index (χ0) is 28.6. The summed E-state index contributed by atoms with van der Waals surface area (Å²) in [5, 5.41) is 8.26. The number of ether oxygens (including phenoxy) is 1. The summed E-state index contributed by atoms with van der Waals surface area (Å²) in [5.74, 6) is -0.273. The fourth-order valence-electron chi connectivity index (χ4n) is 5.16. The van der Waals surface area contributed by atoms with Crippen molar-refractivity contribution in [2.24, 2.45) is 0 Å². The maximum atomic E-state index is 15.7. The van der Waals surface area contributed by atoms with Crippen molar-refractivity contribution in [3.8, 4) is 28.5 Å². The van der Waals surface area contributed by atoms with Crippen LogP contribution in [-0.2, 0) is 16.0 Å². The number of carbonyl (C=O) groups excluding carboxylic acids is 1. The molecule has 40 heavy (non-hydrogen) atoms. The van der Waals surface area contributed by atoms with E-state index in [-0.39, 0.29) is 40.5 Å². The van der Waals surface area contributed by atoms with Gasteiger partial charge in [0.2, 0.25) is 0 Å². The number of rotatable bonds is 6. The molecule has 11 heteroatoms. The number of imidazole rings is 1. The molecule has 4 aromatic rings. The first-order valence-corrected chi connectivity index (χ1v) is 13.9. The van der Waals surface area contributed by atoms with Gasteiger partial charge in [0, 0.05) is 16.5 Å². The van der Waals surface area contributed by atoms with Crippen LogP contribution in [0.3, 0.4) is 0 Å². The number of hydrogen-bond donors (Lipinski definition) is 1. The third kappa shape index (κ3) is 5.86. The number of anilines is 1. The SMILES string of the molecule is CC(C)(C)OC(=O)Cc1ccc(Cl)cc1-n1c(C2CCCCC2)nc(-c2nnc(N)o2)c1-c1cccc(Cl)c1F. The first-order valence-electron chi connectivity index (χ1n) is 13.2. The Kier molecular flexibility index (Phi) is 7.88. The summed E-state index contributed by atoms with van der Waals surface area (Å²) in [7, 11) is 0. The summed E-state index contributed by atoms with van der Waals surface area (Å²) >= 11 is 12.8. The second-order valence-corrected chi connectivity index (χ2v) is 11.8. The quantitative estimate of drug-likeness (QED) is 0.232. The van der Waals surface area contributed by atoms with Gasteiger partial charge in [0.1, 0.15) is 11.4 Å². The lowest BCUT2D eigenvalue weighted by molar-refractivity contribution is -0.153. The molecule has 0 aliphatic heterocycles. The summed E-state index contributed by atoms with van der Waals surface area (Å²) in [4.78, 5) is 18.0. The van der Waals surface area contributed by atoms with Gasteiger partial charge >= 0.3 is 12.0 Å². The number of nitrogen functional groups attached to an aromatic ring is 1. The Hall–Kier alpha value is -3.43. The Morgan fingerprint density at radius 3 is 2.58 bits per heavy atom. The summed E-state index contributed by atoms with van der Waals surface area (Å²) in [5.41, 5.74) is 7.09. The van der Waals surface area contributed by atoms with Crippen LogP contribution in [-0.4, -0.2) is 31.3 Å². The first-order chi connectivity index (χ1) is 19.0. The lowest BCUT2D eigenvalue weighted by atomic mass is 9.88. The molecule has 1 saturated carbocycles. The fraction of sp³-hybridized carbons (Fsp3) is 0.379.